The first kappa shape index (κ1) is 11.8. The van der Waals surface area contributed by atoms with Crippen LogP contribution in [0, 0.1) is 0 Å². The summed E-state index contributed by atoms with van der Waals surface area (Å²) < 4.78 is 1.77. The molecule has 3 rings (SSSR count). The van der Waals surface area contributed by atoms with E-state index in [0.29, 0.717) is 5.78 Å². The topological polar surface area (TPSA) is 70.4 Å². The Morgan fingerprint density at radius 1 is 1.37 bits per heavy atom. The highest BCUT2D eigenvalue weighted by Crippen LogP contribution is 2.26. The number of nitrogens with zero attached hydrogens (tertiary/aromatic N) is 2. The number of nitrogens with one attached hydrogen (secondary N) is 1. The molecule has 2 heterocycles. The number of rotatable bonds is 1. The molecule has 0 aliphatic rings. The molecule has 0 spiro atoms. The summed E-state index contributed by atoms with van der Waals surface area (Å²) in [5.74, 6) is -0.427. The molecule has 19 heavy (non-hydrogen) atoms. The van der Waals surface area contributed by atoms with Gasteiger partial charge < -0.3 is 10.1 Å². The largest absolute Gasteiger partial charge is 0.477 e. The van der Waals surface area contributed by atoms with E-state index in [0.717, 1.165) is 11.0 Å². The second-order valence-electron chi connectivity index (χ2n) is 5.73. The van der Waals surface area contributed by atoms with E-state index < -0.39 is 5.97 Å². The highest BCUT2D eigenvalue weighted by Gasteiger charge is 2.17. The average Bonchev–Trinajstić information content (AvgIpc) is 2.83. The van der Waals surface area contributed by atoms with Crippen LogP contribution < -0.4 is 0 Å². The molecule has 0 saturated carbocycles. The van der Waals surface area contributed by atoms with Crippen LogP contribution in [0.25, 0.3) is 16.8 Å². The molecule has 0 atom stereocenters. The van der Waals surface area contributed by atoms with Gasteiger partial charge in [-0.05, 0) is 23.1 Å². The summed E-state index contributed by atoms with van der Waals surface area (Å²) in [5, 5.41) is 8.95. The Kier molecular flexibility index (Phi) is 2.23. The van der Waals surface area contributed by atoms with Gasteiger partial charge in [-0.25, -0.2) is 9.78 Å². The Labute approximate surface area is 109 Å². The summed E-state index contributed by atoms with van der Waals surface area (Å²) in [7, 11) is 0. The molecule has 1 aromatic carbocycles. The van der Waals surface area contributed by atoms with Gasteiger partial charge in [0.05, 0.1) is 11.0 Å². The molecule has 0 fully saturated rings. The fraction of sp³-hybridized carbons (Fsp3) is 0.286. The summed E-state index contributed by atoms with van der Waals surface area (Å²) in [6, 6.07) is 6.09. The van der Waals surface area contributed by atoms with E-state index in [1.165, 1.54) is 5.56 Å². The van der Waals surface area contributed by atoms with Crippen LogP contribution in [0.4, 0.5) is 0 Å². The predicted octanol–water partition coefficient (Wildman–Crippen LogP) is 2.81. The van der Waals surface area contributed by atoms with Crippen molar-refractivity contribution >= 4 is 22.8 Å². The molecule has 0 aliphatic carbocycles. The molecule has 0 radical (unpaired) electrons. The van der Waals surface area contributed by atoms with Crippen LogP contribution in [-0.2, 0) is 5.41 Å². The highest BCUT2D eigenvalue weighted by molar-refractivity contribution is 5.88. The van der Waals surface area contributed by atoms with E-state index >= 15 is 0 Å². The van der Waals surface area contributed by atoms with Gasteiger partial charge in [0.15, 0.2) is 0 Å². The van der Waals surface area contributed by atoms with Crippen molar-refractivity contribution in [2.24, 2.45) is 0 Å². The van der Waals surface area contributed by atoms with Gasteiger partial charge in [-0.15, -0.1) is 0 Å². The molecule has 5 heteroatoms. The van der Waals surface area contributed by atoms with Gasteiger partial charge in [0.2, 0.25) is 5.78 Å². The minimum atomic E-state index is -0.982. The van der Waals surface area contributed by atoms with Crippen molar-refractivity contribution in [3.05, 3.63) is 35.7 Å². The Balaban J connectivity index is 2.25. The first-order chi connectivity index (χ1) is 8.86. The molecule has 3 aromatic rings. The van der Waals surface area contributed by atoms with Crippen molar-refractivity contribution in [2.45, 2.75) is 26.2 Å². The summed E-state index contributed by atoms with van der Waals surface area (Å²) in [4.78, 5) is 18.1. The van der Waals surface area contributed by atoms with Crippen molar-refractivity contribution in [2.75, 3.05) is 0 Å². The van der Waals surface area contributed by atoms with Gasteiger partial charge >= 0.3 is 5.97 Å². The van der Waals surface area contributed by atoms with E-state index in [9.17, 15) is 4.79 Å². The zero-order chi connectivity index (χ0) is 13.8. The molecule has 98 valence electrons. The molecule has 5 nitrogen and oxygen atoms in total. The molecular formula is C14H15N3O2. The van der Waals surface area contributed by atoms with Crippen molar-refractivity contribution < 1.29 is 9.90 Å². The lowest BCUT2D eigenvalue weighted by Gasteiger charge is -2.18. The lowest BCUT2D eigenvalue weighted by molar-refractivity contribution is 0.0691. The number of carboxylic acid groups (broad SMARTS) is 1. The number of fused-ring (bicyclic) bond motifs is 3. The Hall–Kier alpha value is -2.30. The second-order valence-corrected chi connectivity index (χ2v) is 5.73. The van der Waals surface area contributed by atoms with E-state index in [2.05, 4.69) is 42.9 Å². The van der Waals surface area contributed by atoms with Crippen LogP contribution in [0.2, 0.25) is 0 Å². The number of carbonyl (C=O) groups is 1. The average molecular weight is 257 g/mol. The number of carboxylic acids is 1. The van der Waals surface area contributed by atoms with Crippen molar-refractivity contribution in [1.29, 1.82) is 0 Å². The quantitative estimate of drug-likeness (QED) is 0.704. The molecule has 0 aliphatic heterocycles. The Morgan fingerprint density at radius 3 is 2.74 bits per heavy atom. The Bertz CT molecular complexity index is 790. The van der Waals surface area contributed by atoms with Gasteiger partial charge in [0.1, 0.15) is 5.69 Å². The zero-order valence-electron chi connectivity index (χ0n) is 11.1. The monoisotopic (exact) mass is 257 g/mol. The third-order valence-corrected chi connectivity index (χ3v) is 3.29. The number of benzene rings is 1. The fourth-order valence-corrected chi connectivity index (χ4v) is 2.17. The SMILES string of the molecule is CC(C)(C)c1ccc2c(c1)nc1[nH]c(C(=O)O)cn12. The number of aromatic carboxylic acids is 1. The van der Waals surface area contributed by atoms with Crippen LogP contribution in [-0.4, -0.2) is 25.4 Å². The van der Waals surface area contributed by atoms with Crippen LogP contribution in [0.3, 0.4) is 0 Å². The summed E-state index contributed by atoms with van der Waals surface area (Å²) >= 11 is 0. The van der Waals surface area contributed by atoms with Crippen LogP contribution in [0.15, 0.2) is 24.4 Å². The normalized spacial score (nSPS) is 12.4. The van der Waals surface area contributed by atoms with Crippen molar-refractivity contribution in [3.63, 3.8) is 0 Å². The molecule has 0 bridgehead atoms. The number of imidazole rings is 2. The third kappa shape index (κ3) is 1.78. The molecule has 2 aromatic heterocycles. The standard InChI is InChI=1S/C14H15N3O2/c1-14(2,3)8-4-5-11-9(6-8)15-13-16-10(12(18)19)7-17(11)13/h4-7H,1-3H3,(H,15,16)(H,18,19). The van der Waals surface area contributed by atoms with Crippen molar-refractivity contribution in [1.82, 2.24) is 14.4 Å². The summed E-state index contributed by atoms with van der Waals surface area (Å²) in [5.41, 5.74) is 3.20. The van der Waals surface area contributed by atoms with Gasteiger partial charge in [0, 0.05) is 6.20 Å². The molecule has 0 unspecified atom stereocenters. The lowest BCUT2D eigenvalue weighted by Crippen LogP contribution is -2.10. The van der Waals surface area contributed by atoms with Gasteiger partial charge in [0.25, 0.3) is 0 Å². The van der Waals surface area contributed by atoms with Crippen LogP contribution in [0.5, 0.6) is 0 Å². The number of aromatic nitrogens is 3. The van der Waals surface area contributed by atoms with E-state index in [4.69, 9.17) is 5.11 Å². The van der Waals surface area contributed by atoms with Gasteiger partial charge in [-0.1, -0.05) is 26.8 Å². The number of hydrogen-bond acceptors (Lipinski definition) is 2. The third-order valence-electron chi connectivity index (χ3n) is 3.29. The molecule has 0 saturated heterocycles. The highest BCUT2D eigenvalue weighted by atomic mass is 16.4. The minimum absolute atomic E-state index is 0.0672. The summed E-state index contributed by atoms with van der Waals surface area (Å²) in [6.45, 7) is 6.45. The number of aromatic amines is 1. The molecular weight excluding hydrogens is 242 g/mol. The number of hydrogen-bond donors (Lipinski definition) is 2. The van der Waals surface area contributed by atoms with Crippen LogP contribution in [0.1, 0.15) is 36.8 Å². The fourth-order valence-electron chi connectivity index (χ4n) is 2.17. The van der Waals surface area contributed by atoms with Crippen molar-refractivity contribution in [3.8, 4) is 0 Å². The lowest BCUT2D eigenvalue weighted by atomic mass is 9.87. The summed E-state index contributed by atoms with van der Waals surface area (Å²) in [6.07, 6.45) is 1.56. The van der Waals surface area contributed by atoms with Crippen LogP contribution >= 0.6 is 0 Å². The second kappa shape index (κ2) is 3.60. The van der Waals surface area contributed by atoms with Gasteiger partial charge in [-0.2, -0.15) is 0 Å². The predicted molar refractivity (Wildman–Crippen MR) is 72.7 cm³/mol. The first-order valence-electron chi connectivity index (χ1n) is 6.11. The Morgan fingerprint density at radius 2 is 2.11 bits per heavy atom. The minimum Gasteiger partial charge on any atom is -0.477 e. The zero-order valence-corrected chi connectivity index (χ0v) is 11.1. The first-order valence-corrected chi connectivity index (χ1v) is 6.11. The van der Waals surface area contributed by atoms with Gasteiger partial charge in [-0.3, -0.25) is 4.40 Å². The smallest absolute Gasteiger partial charge is 0.353 e. The number of H-pyrrole nitrogens is 1. The maximum absolute atomic E-state index is 10.9. The maximum atomic E-state index is 10.9. The van der Waals surface area contributed by atoms with E-state index in [-0.39, 0.29) is 11.1 Å². The van der Waals surface area contributed by atoms with E-state index in [1.54, 1.807) is 10.6 Å². The maximum Gasteiger partial charge on any atom is 0.353 e. The molecule has 0 amide bonds. The van der Waals surface area contributed by atoms with E-state index in [1.807, 2.05) is 6.07 Å². The molecule has 2 N–H and O–H groups in total.